The van der Waals surface area contributed by atoms with Gasteiger partial charge in [0, 0.05) is 12.0 Å². The zero-order valence-corrected chi connectivity index (χ0v) is 11.4. The summed E-state index contributed by atoms with van der Waals surface area (Å²) in [6.45, 7) is 7.12. The smallest absolute Gasteiger partial charge is 0.222 e. The molecule has 3 N–H and O–H groups in total. The fraction of sp³-hybridized carbons (Fsp3) is 0.500. The van der Waals surface area contributed by atoms with E-state index >= 15 is 0 Å². The Hall–Kier alpha value is -1.42. The van der Waals surface area contributed by atoms with Gasteiger partial charge in [0.15, 0.2) is 0 Å². The molecular weight excluding hydrogens is 231 g/mol. The van der Waals surface area contributed by atoms with Gasteiger partial charge in [0.1, 0.15) is 5.82 Å². The van der Waals surface area contributed by atoms with Gasteiger partial charge in [-0.25, -0.2) is 4.39 Å². The number of hydrogen-bond donors (Lipinski definition) is 2. The van der Waals surface area contributed by atoms with Gasteiger partial charge in [0.05, 0.1) is 6.04 Å². The predicted molar refractivity (Wildman–Crippen MR) is 70.6 cm³/mol. The molecule has 0 saturated carbocycles. The summed E-state index contributed by atoms with van der Waals surface area (Å²) in [5.41, 5.74) is 6.58. The summed E-state index contributed by atoms with van der Waals surface area (Å²) in [5.74, 6) is -0.385. The number of hydrogen-bond acceptors (Lipinski definition) is 2. The largest absolute Gasteiger partial charge is 0.350 e. The molecule has 0 bridgehead atoms. The Morgan fingerprint density at radius 2 is 2.11 bits per heavy atom. The number of rotatable bonds is 4. The van der Waals surface area contributed by atoms with Crippen LogP contribution in [0.2, 0.25) is 0 Å². The molecule has 0 spiro atoms. The van der Waals surface area contributed by atoms with E-state index in [-0.39, 0.29) is 24.2 Å². The van der Waals surface area contributed by atoms with Crippen LogP contribution in [-0.2, 0) is 4.79 Å². The van der Waals surface area contributed by atoms with Crippen molar-refractivity contribution in [3.63, 3.8) is 0 Å². The number of nitrogens with one attached hydrogen (secondary N) is 1. The number of halogens is 1. The second-order valence-electron chi connectivity index (χ2n) is 5.46. The summed E-state index contributed by atoms with van der Waals surface area (Å²) in [7, 11) is 0. The predicted octanol–water partition coefficient (Wildman–Crippen LogP) is 2.44. The molecule has 3 nitrogen and oxygen atoms in total. The molecule has 1 aromatic carbocycles. The van der Waals surface area contributed by atoms with E-state index in [2.05, 4.69) is 5.32 Å². The van der Waals surface area contributed by atoms with E-state index in [1.165, 1.54) is 6.07 Å². The summed E-state index contributed by atoms with van der Waals surface area (Å²) < 4.78 is 13.4. The van der Waals surface area contributed by atoms with Crippen molar-refractivity contribution in [3.8, 4) is 0 Å². The van der Waals surface area contributed by atoms with Crippen molar-refractivity contribution in [2.45, 2.75) is 45.7 Å². The third-order valence-corrected chi connectivity index (χ3v) is 2.69. The molecule has 0 aliphatic rings. The van der Waals surface area contributed by atoms with E-state index in [4.69, 9.17) is 5.73 Å². The van der Waals surface area contributed by atoms with E-state index < -0.39 is 5.54 Å². The lowest BCUT2D eigenvalue weighted by atomic mass is 10.0. The Morgan fingerprint density at radius 3 is 2.61 bits per heavy atom. The molecule has 0 radical (unpaired) electrons. The van der Waals surface area contributed by atoms with Crippen molar-refractivity contribution in [1.82, 2.24) is 5.32 Å². The zero-order chi connectivity index (χ0) is 13.9. The molecule has 0 saturated heterocycles. The number of carbonyl (C=O) groups is 1. The Kier molecular flexibility index (Phi) is 4.46. The van der Waals surface area contributed by atoms with Gasteiger partial charge in [-0.15, -0.1) is 0 Å². The molecule has 0 fully saturated rings. The van der Waals surface area contributed by atoms with Gasteiger partial charge in [-0.1, -0.05) is 12.1 Å². The van der Waals surface area contributed by atoms with Gasteiger partial charge in [-0.05, 0) is 44.9 Å². The normalized spacial score (nSPS) is 13.2. The van der Waals surface area contributed by atoms with E-state index in [1.54, 1.807) is 26.8 Å². The molecular formula is C14H21FN2O. The first-order chi connectivity index (χ1) is 8.19. The molecule has 0 aliphatic carbocycles. The van der Waals surface area contributed by atoms with E-state index in [0.717, 1.165) is 5.56 Å². The SMILES string of the molecule is Cc1ccc(C(C)NC(=O)CC(C)(C)N)cc1F. The van der Waals surface area contributed by atoms with Crippen molar-refractivity contribution in [3.05, 3.63) is 35.1 Å². The van der Waals surface area contributed by atoms with Crippen LogP contribution in [0.5, 0.6) is 0 Å². The number of benzene rings is 1. The molecule has 100 valence electrons. The Labute approximate surface area is 108 Å². The van der Waals surface area contributed by atoms with Crippen LogP contribution < -0.4 is 11.1 Å². The van der Waals surface area contributed by atoms with Crippen LogP contribution in [0, 0.1) is 12.7 Å². The van der Waals surface area contributed by atoms with Gasteiger partial charge in [0.2, 0.25) is 5.91 Å². The summed E-state index contributed by atoms with van der Waals surface area (Å²) in [4.78, 5) is 11.7. The molecule has 1 rings (SSSR count). The zero-order valence-electron chi connectivity index (χ0n) is 11.4. The first-order valence-electron chi connectivity index (χ1n) is 6.03. The highest BCUT2D eigenvalue weighted by molar-refractivity contribution is 5.77. The van der Waals surface area contributed by atoms with Gasteiger partial charge in [-0.3, -0.25) is 4.79 Å². The second-order valence-corrected chi connectivity index (χ2v) is 5.46. The summed E-state index contributed by atoms with van der Waals surface area (Å²) in [6, 6.07) is 4.75. The van der Waals surface area contributed by atoms with Crippen LogP contribution >= 0.6 is 0 Å². The average molecular weight is 252 g/mol. The van der Waals surface area contributed by atoms with Crippen LogP contribution in [-0.4, -0.2) is 11.4 Å². The minimum absolute atomic E-state index is 0.129. The molecule has 18 heavy (non-hydrogen) atoms. The highest BCUT2D eigenvalue weighted by Crippen LogP contribution is 2.16. The maximum Gasteiger partial charge on any atom is 0.222 e. The van der Waals surface area contributed by atoms with Crippen LogP contribution in [0.3, 0.4) is 0 Å². The quantitative estimate of drug-likeness (QED) is 0.864. The van der Waals surface area contributed by atoms with E-state index in [0.29, 0.717) is 5.56 Å². The average Bonchev–Trinajstić information content (AvgIpc) is 2.18. The number of amides is 1. The molecule has 0 aliphatic heterocycles. The number of carbonyl (C=O) groups excluding carboxylic acids is 1. The van der Waals surface area contributed by atoms with Gasteiger partial charge in [-0.2, -0.15) is 0 Å². The molecule has 1 atom stereocenters. The highest BCUT2D eigenvalue weighted by atomic mass is 19.1. The Balaban J connectivity index is 2.68. The van der Waals surface area contributed by atoms with Crippen molar-refractivity contribution in [2.75, 3.05) is 0 Å². The molecule has 4 heteroatoms. The van der Waals surface area contributed by atoms with Crippen LogP contribution in [0.1, 0.15) is 44.4 Å². The number of nitrogens with two attached hydrogens (primary N) is 1. The third kappa shape index (κ3) is 4.45. The summed E-state index contributed by atoms with van der Waals surface area (Å²) in [6.07, 6.45) is 0.242. The lowest BCUT2D eigenvalue weighted by Crippen LogP contribution is -2.39. The monoisotopic (exact) mass is 252 g/mol. The standard InChI is InChI=1S/C14H21FN2O/c1-9-5-6-11(7-12(9)15)10(2)17-13(18)8-14(3,4)16/h5-7,10H,8,16H2,1-4H3,(H,17,18). The fourth-order valence-electron chi connectivity index (χ4n) is 1.67. The third-order valence-electron chi connectivity index (χ3n) is 2.69. The molecule has 1 amide bonds. The minimum Gasteiger partial charge on any atom is -0.350 e. The molecule has 0 aromatic heterocycles. The topological polar surface area (TPSA) is 55.1 Å². The van der Waals surface area contributed by atoms with Gasteiger partial charge < -0.3 is 11.1 Å². The highest BCUT2D eigenvalue weighted by Gasteiger charge is 2.18. The number of aryl methyl sites for hydroxylation is 1. The van der Waals surface area contributed by atoms with Gasteiger partial charge in [0.25, 0.3) is 0 Å². The minimum atomic E-state index is -0.539. The van der Waals surface area contributed by atoms with E-state index in [1.807, 2.05) is 13.0 Å². The summed E-state index contributed by atoms with van der Waals surface area (Å²) in [5, 5.41) is 2.81. The first kappa shape index (κ1) is 14.6. The first-order valence-corrected chi connectivity index (χ1v) is 6.03. The Morgan fingerprint density at radius 1 is 1.50 bits per heavy atom. The lowest BCUT2D eigenvalue weighted by molar-refractivity contribution is -0.122. The Bertz CT molecular complexity index is 438. The maximum absolute atomic E-state index is 13.4. The summed E-state index contributed by atoms with van der Waals surface area (Å²) >= 11 is 0. The maximum atomic E-state index is 13.4. The van der Waals surface area contributed by atoms with Crippen molar-refractivity contribution >= 4 is 5.91 Å². The lowest BCUT2D eigenvalue weighted by Gasteiger charge is -2.20. The van der Waals surface area contributed by atoms with E-state index in [9.17, 15) is 9.18 Å². The van der Waals surface area contributed by atoms with Crippen LogP contribution in [0.15, 0.2) is 18.2 Å². The second kappa shape index (κ2) is 5.48. The van der Waals surface area contributed by atoms with Crippen molar-refractivity contribution < 1.29 is 9.18 Å². The molecule has 1 aromatic rings. The fourth-order valence-corrected chi connectivity index (χ4v) is 1.67. The molecule has 1 unspecified atom stereocenters. The van der Waals surface area contributed by atoms with Crippen molar-refractivity contribution in [2.24, 2.45) is 5.73 Å². The molecule has 0 heterocycles. The van der Waals surface area contributed by atoms with Crippen molar-refractivity contribution in [1.29, 1.82) is 0 Å². The van der Waals surface area contributed by atoms with Crippen LogP contribution in [0.4, 0.5) is 4.39 Å². The van der Waals surface area contributed by atoms with Crippen LogP contribution in [0.25, 0.3) is 0 Å². The van der Waals surface area contributed by atoms with Gasteiger partial charge >= 0.3 is 0 Å².